The Morgan fingerprint density at radius 3 is 2.38 bits per heavy atom. The maximum absolute atomic E-state index is 13.2. The maximum atomic E-state index is 13.2. The van der Waals surface area contributed by atoms with E-state index < -0.39 is 21.9 Å². The molecule has 32 heavy (non-hydrogen) atoms. The monoisotopic (exact) mass is 462 g/mol. The summed E-state index contributed by atoms with van der Waals surface area (Å²) >= 11 is 0. The Labute approximate surface area is 189 Å². The van der Waals surface area contributed by atoms with Gasteiger partial charge in [-0.2, -0.15) is 0 Å². The lowest BCUT2D eigenvalue weighted by Gasteiger charge is -2.35. The zero-order valence-electron chi connectivity index (χ0n) is 18.7. The summed E-state index contributed by atoms with van der Waals surface area (Å²) in [6.45, 7) is 4.34. The van der Waals surface area contributed by atoms with E-state index in [1.807, 2.05) is 0 Å². The smallest absolute Gasteiger partial charge is 0.241 e. The van der Waals surface area contributed by atoms with E-state index in [-0.39, 0.29) is 23.3 Å². The Morgan fingerprint density at radius 2 is 1.75 bits per heavy atom. The van der Waals surface area contributed by atoms with Crippen molar-refractivity contribution in [2.45, 2.75) is 56.5 Å². The van der Waals surface area contributed by atoms with Gasteiger partial charge in [-0.1, -0.05) is 38.8 Å². The molecular formula is C24H31FN2O4S. The standard InChI is InChI=1S/C24H31FN2O4S/c1-16-5-4-6-22(17(16)2)26-24(28)15-23(18-7-11-20(31-3)12-8-18)27-32(29,30)21-13-9-19(25)10-14-21/h7-14,16-17,22-23,27H,4-6,15H2,1-3H3,(H,26,28)/t16-,17+,22-,23+/m1/s1. The Hall–Kier alpha value is -2.45. The molecule has 0 radical (unpaired) electrons. The van der Waals surface area contributed by atoms with Gasteiger partial charge in [0.15, 0.2) is 0 Å². The number of sulfonamides is 1. The fraction of sp³-hybridized carbons (Fsp3) is 0.458. The third-order valence-electron chi connectivity index (χ3n) is 6.38. The summed E-state index contributed by atoms with van der Waals surface area (Å²) in [5.74, 6) is 0.791. The summed E-state index contributed by atoms with van der Waals surface area (Å²) in [6, 6.07) is 10.8. The highest BCUT2D eigenvalue weighted by atomic mass is 32.2. The molecule has 0 saturated heterocycles. The number of methoxy groups -OCH3 is 1. The number of nitrogens with one attached hydrogen (secondary N) is 2. The highest BCUT2D eigenvalue weighted by molar-refractivity contribution is 7.89. The molecule has 0 spiro atoms. The minimum atomic E-state index is -3.97. The van der Waals surface area contributed by atoms with Crippen molar-refractivity contribution in [3.8, 4) is 5.75 Å². The maximum Gasteiger partial charge on any atom is 0.241 e. The van der Waals surface area contributed by atoms with Gasteiger partial charge in [0.05, 0.1) is 18.0 Å². The van der Waals surface area contributed by atoms with Crippen LogP contribution in [0.2, 0.25) is 0 Å². The van der Waals surface area contributed by atoms with Gasteiger partial charge in [0, 0.05) is 12.5 Å². The van der Waals surface area contributed by atoms with E-state index in [4.69, 9.17) is 4.74 Å². The highest BCUT2D eigenvalue weighted by Crippen LogP contribution is 2.30. The summed E-state index contributed by atoms with van der Waals surface area (Å²) in [7, 11) is -2.42. The summed E-state index contributed by atoms with van der Waals surface area (Å²) in [4.78, 5) is 12.9. The van der Waals surface area contributed by atoms with E-state index >= 15 is 0 Å². The van der Waals surface area contributed by atoms with Crippen molar-refractivity contribution in [3.05, 3.63) is 59.9 Å². The fourth-order valence-electron chi connectivity index (χ4n) is 4.17. The van der Waals surface area contributed by atoms with Gasteiger partial charge in [-0.05, 0) is 60.2 Å². The molecule has 2 aromatic carbocycles. The SMILES string of the molecule is COc1ccc([C@H](CC(=O)N[C@@H]2CCC[C@@H](C)[C@@H]2C)NS(=O)(=O)c2ccc(F)cc2)cc1. The first-order valence-corrected chi connectivity index (χ1v) is 12.4. The normalized spacial score (nSPS) is 22.2. The number of carbonyl (C=O) groups excluding carboxylic acids is 1. The van der Waals surface area contributed by atoms with Crippen molar-refractivity contribution in [3.63, 3.8) is 0 Å². The summed E-state index contributed by atoms with van der Waals surface area (Å²) < 4.78 is 46.9. The summed E-state index contributed by atoms with van der Waals surface area (Å²) in [5.41, 5.74) is 0.636. The van der Waals surface area contributed by atoms with E-state index in [0.717, 1.165) is 31.4 Å². The van der Waals surface area contributed by atoms with Crippen molar-refractivity contribution in [2.24, 2.45) is 11.8 Å². The largest absolute Gasteiger partial charge is 0.497 e. The van der Waals surface area contributed by atoms with Gasteiger partial charge in [0.1, 0.15) is 11.6 Å². The second kappa shape index (κ2) is 10.4. The molecule has 6 nitrogen and oxygen atoms in total. The predicted octanol–water partition coefficient (Wildman–Crippen LogP) is 4.18. The zero-order chi connectivity index (χ0) is 23.3. The number of rotatable bonds is 8. The van der Waals surface area contributed by atoms with Gasteiger partial charge in [0.2, 0.25) is 15.9 Å². The Morgan fingerprint density at radius 1 is 1.09 bits per heavy atom. The number of halogens is 1. The lowest BCUT2D eigenvalue weighted by Crippen LogP contribution is -2.45. The van der Waals surface area contributed by atoms with Gasteiger partial charge in [-0.15, -0.1) is 0 Å². The number of carbonyl (C=O) groups is 1. The van der Waals surface area contributed by atoms with Crippen LogP contribution in [0.25, 0.3) is 0 Å². The van der Waals surface area contributed by atoms with Crippen molar-refractivity contribution in [1.29, 1.82) is 0 Å². The quantitative estimate of drug-likeness (QED) is 0.616. The lowest BCUT2D eigenvalue weighted by atomic mass is 9.78. The van der Waals surface area contributed by atoms with Gasteiger partial charge in [-0.25, -0.2) is 17.5 Å². The lowest BCUT2D eigenvalue weighted by molar-refractivity contribution is -0.123. The number of hydrogen-bond donors (Lipinski definition) is 2. The molecule has 1 fully saturated rings. The van der Waals surface area contributed by atoms with Crippen LogP contribution in [0, 0.1) is 17.7 Å². The number of benzene rings is 2. The molecule has 174 valence electrons. The molecule has 1 saturated carbocycles. The van der Waals surface area contributed by atoms with E-state index in [1.165, 1.54) is 12.1 Å². The van der Waals surface area contributed by atoms with E-state index in [2.05, 4.69) is 23.9 Å². The minimum Gasteiger partial charge on any atom is -0.497 e. The average Bonchev–Trinajstić information content (AvgIpc) is 2.76. The van der Waals surface area contributed by atoms with E-state index in [1.54, 1.807) is 31.4 Å². The fourth-order valence-corrected chi connectivity index (χ4v) is 5.39. The van der Waals surface area contributed by atoms with Crippen LogP contribution >= 0.6 is 0 Å². The molecule has 1 aliphatic carbocycles. The van der Waals surface area contributed by atoms with Crippen molar-refractivity contribution < 1.29 is 22.3 Å². The Kier molecular flexibility index (Phi) is 7.90. The van der Waals surface area contributed by atoms with Crippen LogP contribution in [0.15, 0.2) is 53.4 Å². The van der Waals surface area contributed by atoms with Crippen molar-refractivity contribution in [1.82, 2.24) is 10.0 Å². The molecule has 0 heterocycles. The molecule has 0 aliphatic heterocycles. The molecular weight excluding hydrogens is 431 g/mol. The molecule has 4 atom stereocenters. The first-order valence-electron chi connectivity index (χ1n) is 10.9. The van der Waals surface area contributed by atoms with Crippen LogP contribution in [0.4, 0.5) is 4.39 Å². The second-order valence-electron chi connectivity index (χ2n) is 8.55. The van der Waals surface area contributed by atoms with Crippen molar-refractivity contribution in [2.75, 3.05) is 7.11 Å². The molecule has 2 aromatic rings. The van der Waals surface area contributed by atoms with Crippen LogP contribution in [0.5, 0.6) is 5.75 Å². The number of hydrogen-bond acceptors (Lipinski definition) is 4. The first kappa shape index (κ1) is 24.2. The minimum absolute atomic E-state index is 0.0512. The van der Waals surface area contributed by atoms with Crippen LogP contribution in [0.3, 0.4) is 0 Å². The first-order chi connectivity index (χ1) is 15.2. The molecule has 1 amide bonds. The van der Waals surface area contributed by atoms with Gasteiger partial charge >= 0.3 is 0 Å². The van der Waals surface area contributed by atoms with E-state index in [9.17, 15) is 17.6 Å². The summed E-state index contributed by atoms with van der Waals surface area (Å²) in [5, 5.41) is 3.11. The Balaban J connectivity index is 1.80. The second-order valence-corrected chi connectivity index (χ2v) is 10.3. The van der Waals surface area contributed by atoms with Crippen LogP contribution in [-0.4, -0.2) is 27.5 Å². The Bertz CT molecular complexity index is 1010. The van der Waals surface area contributed by atoms with Crippen LogP contribution in [0.1, 0.15) is 51.1 Å². The topological polar surface area (TPSA) is 84.5 Å². The van der Waals surface area contributed by atoms with Crippen LogP contribution in [-0.2, 0) is 14.8 Å². The van der Waals surface area contributed by atoms with Gasteiger partial charge < -0.3 is 10.1 Å². The van der Waals surface area contributed by atoms with Crippen molar-refractivity contribution >= 4 is 15.9 Å². The molecule has 0 bridgehead atoms. The molecule has 2 N–H and O–H groups in total. The van der Waals surface area contributed by atoms with E-state index in [0.29, 0.717) is 23.1 Å². The number of amides is 1. The van der Waals surface area contributed by atoms with Gasteiger partial charge in [0.25, 0.3) is 0 Å². The third kappa shape index (κ3) is 6.07. The molecule has 1 aliphatic rings. The van der Waals surface area contributed by atoms with Gasteiger partial charge in [-0.3, -0.25) is 4.79 Å². The molecule has 0 aromatic heterocycles. The molecule has 0 unspecified atom stereocenters. The highest BCUT2D eigenvalue weighted by Gasteiger charge is 2.30. The third-order valence-corrected chi connectivity index (χ3v) is 7.87. The van der Waals surface area contributed by atoms with Crippen LogP contribution < -0.4 is 14.8 Å². The predicted molar refractivity (Wildman–Crippen MR) is 121 cm³/mol. The molecule has 3 rings (SSSR count). The molecule has 8 heteroatoms. The zero-order valence-corrected chi connectivity index (χ0v) is 19.5. The average molecular weight is 463 g/mol. The summed E-state index contributed by atoms with van der Waals surface area (Å²) in [6.07, 6.45) is 3.09. The number of ether oxygens (including phenoxy) is 1.